The molecule has 1 amide bonds. The summed E-state index contributed by atoms with van der Waals surface area (Å²) < 4.78 is 22.8. The number of piperidine rings is 1. The van der Waals surface area contributed by atoms with Crippen LogP contribution in [0.5, 0.6) is 17.2 Å². The summed E-state index contributed by atoms with van der Waals surface area (Å²) in [6.07, 6.45) is 1.23. The number of rotatable bonds is 4. The number of benzene rings is 2. The number of hydrogen-bond acceptors (Lipinski definition) is 5. The van der Waals surface area contributed by atoms with Crippen LogP contribution in [-0.4, -0.2) is 43.4 Å². The summed E-state index contributed by atoms with van der Waals surface area (Å²) in [6.45, 7) is 1.59. The summed E-state index contributed by atoms with van der Waals surface area (Å²) in [6, 6.07) is 12.7. The van der Waals surface area contributed by atoms with Crippen molar-refractivity contribution in [1.82, 2.24) is 4.90 Å². The largest absolute Gasteiger partial charge is 0.497 e. The Labute approximate surface area is 168 Å². The van der Waals surface area contributed by atoms with Crippen molar-refractivity contribution in [1.29, 1.82) is 0 Å². The van der Waals surface area contributed by atoms with Crippen molar-refractivity contribution in [3.63, 3.8) is 0 Å². The molecule has 0 atom stereocenters. The van der Waals surface area contributed by atoms with Gasteiger partial charge in [-0.3, -0.25) is 4.79 Å². The molecule has 2 aromatic carbocycles. The van der Waals surface area contributed by atoms with E-state index in [9.17, 15) is 4.79 Å². The van der Waals surface area contributed by atoms with Gasteiger partial charge >= 0.3 is 0 Å². The van der Waals surface area contributed by atoms with Gasteiger partial charge in [-0.2, -0.15) is 0 Å². The summed E-state index contributed by atoms with van der Waals surface area (Å²) in [5.41, 5.74) is 0.949. The maximum Gasteiger partial charge on any atom is 0.260 e. The third-order valence-corrected chi connectivity index (χ3v) is 5.34. The van der Waals surface area contributed by atoms with Crippen molar-refractivity contribution in [2.75, 3.05) is 26.8 Å². The lowest BCUT2D eigenvalue weighted by Gasteiger charge is -2.43. The summed E-state index contributed by atoms with van der Waals surface area (Å²) in [7, 11) is 1.61. The van der Waals surface area contributed by atoms with Crippen LogP contribution in [0.15, 0.2) is 42.5 Å². The minimum atomic E-state index is -0.672. The van der Waals surface area contributed by atoms with Crippen molar-refractivity contribution in [3.8, 4) is 17.2 Å². The smallest absolute Gasteiger partial charge is 0.260 e. The molecule has 0 aromatic heterocycles. The van der Waals surface area contributed by atoms with Crippen LogP contribution in [0.1, 0.15) is 18.4 Å². The predicted molar refractivity (Wildman–Crippen MR) is 104 cm³/mol. The monoisotopic (exact) mass is 403 g/mol. The minimum Gasteiger partial charge on any atom is -0.497 e. The first-order valence-electron chi connectivity index (χ1n) is 9.23. The van der Waals surface area contributed by atoms with Gasteiger partial charge in [0.2, 0.25) is 5.79 Å². The molecule has 2 aliphatic heterocycles. The molecule has 0 unspecified atom stereocenters. The maximum atomic E-state index is 12.5. The van der Waals surface area contributed by atoms with Crippen molar-refractivity contribution < 1.29 is 23.7 Å². The molecule has 0 bridgehead atoms. The van der Waals surface area contributed by atoms with Crippen molar-refractivity contribution in [3.05, 3.63) is 53.1 Å². The Morgan fingerprint density at radius 2 is 1.86 bits per heavy atom. The molecule has 0 radical (unpaired) electrons. The van der Waals surface area contributed by atoms with E-state index >= 15 is 0 Å². The molecule has 0 N–H and O–H groups in total. The number of nitrogens with zero attached hydrogens (tertiary/aromatic N) is 1. The standard InChI is InChI=1S/C21H22ClNO5/c1-25-17-3-5-18(6-4-17)26-14-20(24)23-10-8-21(9-11-23)27-13-15-12-16(22)2-7-19(15)28-21/h2-7,12H,8-11,13-14H2,1H3. The lowest BCUT2D eigenvalue weighted by atomic mass is 10.0. The third-order valence-electron chi connectivity index (χ3n) is 5.11. The molecule has 1 fully saturated rings. The van der Waals surface area contributed by atoms with Crippen LogP contribution in [0.3, 0.4) is 0 Å². The first kappa shape index (κ1) is 18.9. The minimum absolute atomic E-state index is 0.00236. The van der Waals surface area contributed by atoms with E-state index in [1.807, 2.05) is 18.2 Å². The van der Waals surface area contributed by atoms with E-state index in [4.69, 9.17) is 30.5 Å². The van der Waals surface area contributed by atoms with Crippen LogP contribution in [0, 0.1) is 0 Å². The fraction of sp³-hybridized carbons (Fsp3) is 0.381. The highest BCUT2D eigenvalue weighted by Crippen LogP contribution is 2.38. The van der Waals surface area contributed by atoms with E-state index in [1.165, 1.54) is 0 Å². The first-order chi connectivity index (χ1) is 13.6. The van der Waals surface area contributed by atoms with Crippen molar-refractivity contribution in [2.24, 2.45) is 0 Å². The van der Waals surface area contributed by atoms with Gasteiger partial charge in [-0.05, 0) is 42.5 Å². The fourth-order valence-electron chi connectivity index (χ4n) is 3.45. The Kier molecular flexibility index (Phi) is 5.33. The summed E-state index contributed by atoms with van der Waals surface area (Å²) >= 11 is 6.02. The zero-order valence-corrected chi connectivity index (χ0v) is 16.4. The van der Waals surface area contributed by atoms with Crippen LogP contribution in [-0.2, 0) is 16.1 Å². The fourth-order valence-corrected chi connectivity index (χ4v) is 3.65. The highest BCUT2D eigenvalue weighted by Gasteiger charge is 2.41. The molecule has 1 spiro atoms. The van der Waals surface area contributed by atoms with E-state index in [-0.39, 0.29) is 12.5 Å². The Balaban J connectivity index is 1.30. The second-order valence-electron chi connectivity index (χ2n) is 6.90. The summed E-state index contributed by atoms with van der Waals surface area (Å²) in [5.74, 6) is 1.47. The molecule has 2 aliphatic rings. The molecule has 7 heteroatoms. The number of fused-ring (bicyclic) bond motifs is 1. The highest BCUT2D eigenvalue weighted by molar-refractivity contribution is 6.30. The van der Waals surface area contributed by atoms with Gasteiger partial charge in [0.15, 0.2) is 6.61 Å². The Hall–Kier alpha value is -2.44. The number of amides is 1. The van der Waals surface area contributed by atoms with E-state index in [1.54, 1.807) is 36.3 Å². The molecule has 2 heterocycles. The third kappa shape index (κ3) is 4.03. The Morgan fingerprint density at radius 1 is 1.14 bits per heavy atom. The predicted octanol–water partition coefficient (Wildman–Crippen LogP) is 3.66. The van der Waals surface area contributed by atoms with Gasteiger partial charge in [-0.15, -0.1) is 0 Å². The summed E-state index contributed by atoms with van der Waals surface area (Å²) in [5, 5.41) is 0.666. The Bertz CT molecular complexity index is 846. The van der Waals surface area contributed by atoms with Crippen LogP contribution >= 0.6 is 11.6 Å². The molecule has 28 heavy (non-hydrogen) atoms. The van der Waals surface area contributed by atoms with Crippen molar-refractivity contribution in [2.45, 2.75) is 25.2 Å². The van der Waals surface area contributed by atoms with Gasteiger partial charge in [-0.1, -0.05) is 11.6 Å². The molecule has 0 aliphatic carbocycles. The van der Waals surface area contributed by atoms with Crippen LogP contribution in [0.4, 0.5) is 0 Å². The number of halogens is 1. The molecule has 4 rings (SSSR count). The highest BCUT2D eigenvalue weighted by atomic mass is 35.5. The number of likely N-dealkylation sites (tertiary alicyclic amines) is 1. The summed E-state index contributed by atoms with van der Waals surface area (Å²) in [4.78, 5) is 14.3. The van der Waals surface area contributed by atoms with E-state index in [0.29, 0.717) is 43.3 Å². The molecular weight excluding hydrogens is 382 g/mol. The quantitative estimate of drug-likeness (QED) is 0.779. The number of carbonyl (C=O) groups is 1. The van der Waals surface area contributed by atoms with Gasteiger partial charge in [0, 0.05) is 36.5 Å². The van der Waals surface area contributed by atoms with Gasteiger partial charge < -0.3 is 23.8 Å². The molecule has 6 nitrogen and oxygen atoms in total. The Morgan fingerprint density at radius 3 is 2.57 bits per heavy atom. The van der Waals surface area contributed by atoms with Gasteiger partial charge in [0.25, 0.3) is 5.91 Å². The zero-order chi connectivity index (χ0) is 19.6. The average Bonchev–Trinajstić information content (AvgIpc) is 2.73. The second-order valence-corrected chi connectivity index (χ2v) is 7.33. The van der Waals surface area contributed by atoms with Crippen LogP contribution in [0.25, 0.3) is 0 Å². The number of ether oxygens (including phenoxy) is 4. The second kappa shape index (κ2) is 7.89. The molecule has 148 valence electrons. The number of hydrogen-bond donors (Lipinski definition) is 0. The molecule has 0 saturated carbocycles. The maximum absolute atomic E-state index is 12.5. The number of methoxy groups -OCH3 is 1. The zero-order valence-electron chi connectivity index (χ0n) is 15.7. The van der Waals surface area contributed by atoms with Gasteiger partial charge in [-0.25, -0.2) is 0 Å². The molecule has 1 saturated heterocycles. The lowest BCUT2D eigenvalue weighted by molar-refractivity contribution is -0.227. The van der Waals surface area contributed by atoms with Crippen LogP contribution in [0.2, 0.25) is 5.02 Å². The van der Waals surface area contributed by atoms with Gasteiger partial charge in [0.1, 0.15) is 17.2 Å². The lowest BCUT2D eigenvalue weighted by Crippen LogP contribution is -2.53. The van der Waals surface area contributed by atoms with Crippen LogP contribution < -0.4 is 14.2 Å². The van der Waals surface area contributed by atoms with E-state index in [2.05, 4.69) is 0 Å². The normalized spacial score (nSPS) is 17.6. The number of carbonyl (C=O) groups excluding carboxylic acids is 1. The molecular formula is C21H22ClNO5. The SMILES string of the molecule is COc1ccc(OCC(=O)N2CCC3(CC2)OCc2cc(Cl)ccc2O3)cc1. The molecule has 2 aromatic rings. The average molecular weight is 404 g/mol. The van der Waals surface area contributed by atoms with E-state index in [0.717, 1.165) is 17.1 Å². The first-order valence-corrected chi connectivity index (χ1v) is 9.61. The topological polar surface area (TPSA) is 57.2 Å². The van der Waals surface area contributed by atoms with E-state index < -0.39 is 5.79 Å². The van der Waals surface area contributed by atoms with Gasteiger partial charge in [0.05, 0.1) is 13.7 Å². The van der Waals surface area contributed by atoms with Crippen molar-refractivity contribution >= 4 is 17.5 Å².